The summed E-state index contributed by atoms with van der Waals surface area (Å²) in [4.78, 5) is 3.93. The van der Waals surface area contributed by atoms with Crippen molar-refractivity contribution in [1.82, 2.24) is 0 Å². The minimum atomic E-state index is 0.135. The summed E-state index contributed by atoms with van der Waals surface area (Å²) in [6, 6.07) is 6.19. The fourth-order valence-electron chi connectivity index (χ4n) is 0.917. The molecular weight excluding hydrogens is 277 g/mol. The van der Waals surface area contributed by atoms with E-state index >= 15 is 0 Å². The zero-order valence-corrected chi connectivity index (χ0v) is 9.58. The number of hydrogen-bond acceptors (Lipinski definition) is 1. The van der Waals surface area contributed by atoms with E-state index in [1.165, 1.54) is 9.13 Å². The molecule has 1 aromatic rings. The first-order valence-electron chi connectivity index (χ1n) is 3.90. The average molecular weight is 289 g/mol. The first-order valence-corrected chi connectivity index (χ1v) is 4.98. The molecule has 0 fully saturated rings. The fourth-order valence-corrected chi connectivity index (χ4v) is 1.50. The van der Waals surface area contributed by atoms with Crippen LogP contribution in [0.1, 0.15) is 11.1 Å². The second kappa shape index (κ2) is 4.45. The van der Waals surface area contributed by atoms with Crippen molar-refractivity contribution in [3.63, 3.8) is 0 Å². The van der Waals surface area contributed by atoms with Gasteiger partial charge in [-0.05, 0) is 46.7 Å². The van der Waals surface area contributed by atoms with Crippen molar-refractivity contribution >= 4 is 28.6 Å². The van der Waals surface area contributed by atoms with Gasteiger partial charge in [0, 0.05) is 3.57 Å². The van der Waals surface area contributed by atoms with Crippen molar-refractivity contribution < 1.29 is 0 Å². The number of guanidine groups is 1. The monoisotopic (exact) mass is 289 g/mol. The van der Waals surface area contributed by atoms with Gasteiger partial charge in [0.1, 0.15) is 0 Å². The SMILES string of the molecule is Cc1ccc(CN=C(N)N)cc1I. The van der Waals surface area contributed by atoms with Crippen LogP contribution in [0.15, 0.2) is 23.2 Å². The van der Waals surface area contributed by atoms with Crippen LogP contribution >= 0.6 is 22.6 Å². The van der Waals surface area contributed by atoms with E-state index in [1.807, 2.05) is 6.07 Å². The molecule has 70 valence electrons. The highest BCUT2D eigenvalue weighted by Gasteiger charge is 1.96. The van der Waals surface area contributed by atoms with E-state index in [2.05, 4.69) is 46.6 Å². The maximum atomic E-state index is 5.23. The average Bonchev–Trinajstić information content (AvgIpc) is 2.07. The summed E-state index contributed by atoms with van der Waals surface area (Å²) in [5.41, 5.74) is 12.9. The Morgan fingerprint density at radius 1 is 1.46 bits per heavy atom. The predicted molar refractivity (Wildman–Crippen MR) is 63.4 cm³/mol. The Morgan fingerprint density at radius 3 is 2.69 bits per heavy atom. The van der Waals surface area contributed by atoms with Gasteiger partial charge in [-0.15, -0.1) is 0 Å². The number of rotatable bonds is 2. The lowest BCUT2D eigenvalue weighted by molar-refractivity contribution is 1.05. The van der Waals surface area contributed by atoms with E-state index in [4.69, 9.17) is 11.5 Å². The molecule has 0 aliphatic rings. The van der Waals surface area contributed by atoms with Crippen LogP contribution in [0.3, 0.4) is 0 Å². The van der Waals surface area contributed by atoms with Crippen LogP contribution in [0.25, 0.3) is 0 Å². The molecular formula is C9H12IN3. The molecule has 0 amide bonds. The van der Waals surface area contributed by atoms with Gasteiger partial charge in [0.05, 0.1) is 6.54 Å². The molecule has 4 N–H and O–H groups in total. The molecule has 0 aromatic heterocycles. The van der Waals surface area contributed by atoms with Crippen molar-refractivity contribution in [2.24, 2.45) is 16.5 Å². The van der Waals surface area contributed by atoms with Crippen LogP contribution in [0.4, 0.5) is 0 Å². The number of halogens is 1. The van der Waals surface area contributed by atoms with E-state index in [0.717, 1.165) is 5.56 Å². The van der Waals surface area contributed by atoms with Crippen LogP contribution in [0.5, 0.6) is 0 Å². The van der Waals surface area contributed by atoms with Crippen molar-refractivity contribution in [2.45, 2.75) is 13.5 Å². The summed E-state index contributed by atoms with van der Waals surface area (Å²) in [6.07, 6.45) is 0. The molecule has 0 radical (unpaired) electrons. The van der Waals surface area contributed by atoms with E-state index < -0.39 is 0 Å². The van der Waals surface area contributed by atoms with E-state index in [0.29, 0.717) is 6.54 Å². The lowest BCUT2D eigenvalue weighted by Gasteiger charge is -2.01. The van der Waals surface area contributed by atoms with Gasteiger partial charge in [0.2, 0.25) is 0 Å². The van der Waals surface area contributed by atoms with Crippen molar-refractivity contribution in [3.8, 4) is 0 Å². The molecule has 0 heterocycles. The lowest BCUT2D eigenvalue weighted by atomic mass is 10.1. The molecule has 1 rings (SSSR count). The maximum Gasteiger partial charge on any atom is 0.186 e. The number of aliphatic imine (C=N–C) groups is 1. The Kier molecular flexibility index (Phi) is 3.53. The predicted octanol–water partition coefficient (Wildman–Crippen LogP) is 1.37. The van der Waals surface area contributed by atoms with Gasteiger partial charge in [-0.2, -0.15) is 0 Å². The van der Waals surface area contributed by atoms with Crippen molar-refractivity contribution in [3.05, 3.63) is 32.9 Å². The Labute approximate surface area is 91.4 Å². The molecule has 3 nitrogen and oxygen atoms in total. The highest BCUT2D eigenvalue weighted by molar-refractivity contribution is 14.1. The Morgan fingerprint density at radius 2 is 2.15 bits per heavy atom. The molecule has 0 aliphatic heterocycles. The summed E-state index contributed by atoms with van der Waals surface area (Å²) in [7, 11) is 0. The molecule has 0 unspecified atom stereocenters. The van der Waals surface area contributed by atoms with E-state index in [9.17, 15) is 0 Å². The molecule has 0 saturated carbocycles. The van der Waals surface area contributed by atoms with Crippen LogP contribution < -0.4 is 11.5 Å². The summed E-state index contributed by atoms with van der Waals surface area (Å²) in [5.74, 6) is 0.135. The van der Waals surface area contributed by atoms with Crippen LogP contribution in [-0.4, -0.2) is 5.96 Å². The van der Waals surface area contributed by atoms with Crippen molar-refractivity contribution in [1.29, 1.82) is 0 Å². The molecule has 1 aromatic carbocycles. The number of hydrogen-bond donors (Lipinski definition) is 2. The topological polar surface area (TPSA) is 64.4 Å². The molecule has 13 heavy (non-hydrogen) atoms. The van der Waals surface area contributed by atoms with Gasteiger partial charge in [-0.3, -0.25) is 0 Å². The smallest absolute Gasteiger partial charge is 0.186 e. The van der Waals surface area contributed by atoms with Gasteiger partial charge in [-0.1, -0.05) is 12.1 Å². The Bertz CT molecular complexity index is 330. The molecule has 0 saturated heterocycles. The van der Waals surface area contributed by atoms with Crippen LogP contribution in [-0.2, 0) is 6.54 Å². The Balaban J connectivity index is 2.80. The quantitative estimate of drug-likeness (QED) is 0.490. The first-order chi connectivity index (χ1) is 6.09. The first kappa shape index (κ1) is 10.3. The third-order valence-corrected chi connectivity index (χ3v) is 2.84. The molecule has 0 bridgehead atoms. The maximum absolute atomic E-state index is 5.23. The molecule has 0 atom stereocenters. The highest BCUT2D eigenvalue weighted by Crippen LogP contribution is 2.13. The normalized spacial score (nSPS) is 9.69. The van der Waals surface area contributed by atoms with Crippen molar-refractivity contribution in [2.75, 3.05) is 0 Å². The number of nitrogens with zero attached hydrogens (tertiary/aromatic N) is 1. The second-order valence-electron chi connectivity index (χ2n) is 2.82. The summed E-state index contributed by atoms with van der Waals surface area (Å²) >= 11 is 2.30. The minimum Gasteiger partial charge on any atom is -0.370 e. The van der Waals surface area contributed by atoms with Gasteiger partial charge in [0.25, 0.3) is 0 Å². The van der Waals surface area contributed by atoms with Crippen LogP contribution in [0, 0.1) is 10.5 Å². The number of benzene rings is 1. The third kappa shape index (κ3) is 3.22. The summed E-state index contributed by atoms with van der Waals surface area (Å²) in [6.45, 7) is 2.63. The van der Waals surface area contributed by atoms with Gasteiger partial charge in [-0.25, -0.2) is 4.99 Å². The third-order valence-electron chi connectivity index (χ3n) is 1.68. The fraction of sp³-hybridized carbons (Fsp3) is 0.222. The minimum absolute atomic E-state index is 0.135. The summed E-state index contributed by atoms with van der Waals surface area (Å²) in [5, 5.41) is 0. The van der Waals surface area contributed by atoms with E-state index in [-0.39, 0.29) is 5.96 Å². The number of aryl methyl sites for hydroxylation is 1. The number of nitrogens with two attached hydrogens (primary N) is 2. The molecule has 0 aliphatic carbocycles. The van der Waals surface area contributed by atoms with Gasteiger partial charge < -0.3 is 11.5 Å². The molecule has 0 spiro atoms. The van der Waals surface area contributed by atoms with Crippen LogP contribution in [0.2, 0.25) is 0 Å². The summed E-state index contributed by atoms with van der Waals surface area (Å²) < 4.78 is 1.24. The molecule has 4 heteroatoms. The highest BCUT2D eigenvalue weighted by atomic mass is 127. The zero-order chi connectivity index (χ0) is 9.84. The van der Waals surface area contributed by atoms with E-state index in [1.54, 1.807) is 0 Å². The lowest BCUT2D eigenvalue weighted by Crippen LogP contribution is -2.22. The standard InChI is InChI=1S/C9H12IN3/c1-6-2-3-7(4-8(6)10)5-13-9(11)12/h2-4H,5H2,1H3,(H4,11,12,13). The second-order valence-corrected chi connectivity index (χ2v) is 3.99. The van der Waals surface area contributed by atoms with Gasteiger partial charge in [0.15, 0.2) is 5.96 Å². The largest absolute Gasteiger partial charge is 0.370 e. The Hall–Kier alpha value is -0.780. The zero-order valence-electron chi connectivity index (χ0n) is 7.42. The van der Waals surface area contributed by atoms with Gasteiger partial charge >= 0.3 is 0 Å².